The van der Waals surface area contributed by atoms with Gasteiger partial charge in [0, 0.05) is 24.2 Å². The number of anilines is 2. The second-order valence-corrected chi connectivity index (χ2v) is 12.0. The Morgan fingerprint density at radius 3 is 2.39 bits per heavy atom. The molecule has 3 heterocycles. The molecule has 8 N–H and O–H groups in total. The Labute approximate surface area is 272 Å². The first kappa shape index (κ1) is 33.2. The van der Waals surface area contributed by atoms with Gasteiger partial charge in [-0.05, 0) is 80.5 Å². The predicted octanol–water partition coefficient (Wildman–Crippen LogP) is 2.15. The Balaban J connectivity index is 1.02. The van der Waals surface area contributed by atoms with Crippen LogP contribution in [0.3, 0.4) is 0 Å². The molecule has 2 aliphatic rings. The minimum absolute atomic E-state index is 0.0168. The first-order chi connectivity index (χ1) is 22.1. The number of benzene rings is 2. The number of amides is 2. The molecule has 3 aromatic rings. The van der Waals surface area contributed by atoms with Gasteiger partial charge < -0.3 is 41.4 Å². The molecule has 46 heavy (non-hydrogen) atoms. The molecular formula is C32H40ClN7O6. The van der Waals surface area contributed by atoms with E-state index in [0.29, 0.717) is 36.8 Å². The number of hydrogen-bond acceptors (Lipinski definition) is 11. The van der Waals surface area contributed by atoms with E-state index in [0.717, 1.165) is 44.1 Å². The minimum atomic E-state index is -0.894. The number of carbonyl (C=O) groups is 2. The van der Waals surface area contributed by atoms with Crippen LogP contribution in [0.15, 0.2) is 48.5 Å². The number of nitrogens with one attached hydrogen (secondary N) is 2. The highest BCUT2D eigenvalue weighted by Crippen LogP contribution is 2.33. The van der Waals surface area contributed by atoms with Crippen molar-refractivity contribution in [3.8, 4) is 11.5 Å². The van der Waals surface area contributed by atoms with Crippen LogP contribution in [0, 0.1) is 0 Å². The summed E-state index contributed by atoms with van der Waals surface area (Å²) in [5.74, 6) is 0.741. The first-order valence-corrected chi connectivity index (χ1v) is 15.7. The number of ether oxygens (including phenoxy) is 2. The monoisotopic (exact) mass is 653 g/mol. The van der Waals surface area contributed by atoms with Gasteiger partial charge in [0.2, 0.25) is 0 Å². The number of halogens is 1. The summed E-state index contributed by atoms with van der Waals surface area (Å²) >= 11 is 5.92. The van der Waals surface area contributed by atoms with Gasteiger partial charge in [-0.25, -0.2) is 9.97 Å². The molecule has 0 radical (unpaired) electrons. The van der Waals surface area contributed by atoms with Crippen LogP contribution in [-0.2, 0) is 6.42 Å². The largest absolute Gasteiger partial charge is 0.494 e. The van der Waals surface area contributed by atoms with E-state index in [2.05, 4.69) is 20.6 Å². The summed E-state index contributed by atoms with van der Waals surface area (Å²) in [5.41, 5.74) is 12.9. The molecule has 2 unspecified atom stereocenters. The van der Waals surface area contributed by atoms with Crippen molar-refractivity contribution >= 4 is 35.1 Å². The number of hydrogen-bond donors (Lipinski definition) is 6. The minimum Gasteiger partial charge on any atom is -0.494 e. The lowest BCUT2D eigenvalue weighted by Crippen LogP contribution is -2.55. The van der Waals surface area contributed by atoms with Crippen LogP contribution in [0.1, 0.15) is 58.5 Å². The Bertz CT molecular complexity index is 1500. The average Bonchev–Trinajstić information content (AvgIpc) is 3.45. The van der Waals surface area contributed by atoms with Crippen LogP contribution in [0.2, 0.25) is 5.15 Å². The molecule has 13 nitrogen and oxygen atoms in total. The number of aliphatic hydroxyl groups is 2. The molecule has 0 saturated carbocycles. The topological polar surface area (TPSA) is 198 Å². The molecule has 5 rings (SSSR count). The molecule has 0 bridgehead atoms. The van der Waals surface area contributed by atoms with E-state index in [1.54, 1.807) is 12.1 Å². The Hall–Kier alpha value is -4.17. The van der Waals surface area contributed by atoms with Gasteiger partial charge in [-0.1, -0.05) is 23.7 Å². The van der Waals surface area contributed by atoms with Gasteiger partial charge in [-0.3, -0.25) is 14.9 Å². The summed E-state index contributed by atoms with van der Waals surface area (Å²) in [6, 6.07) is 14.9. The van der Waals surface area contributed by atoms with Crippen molar-refractivity contribution in [2.45, 2.75) is 56.3 Å². The first-order valence-electron chi connectivity index (χ1n) is 15.3. The van der Waals surface area contributed by atoms with Crippen LogP contribution >= 0.6 is 11.6 Å². The van der Waals surface area contributed by atoms with E-state index >= 15 is 0 Å². The van der Waals surface area contributed by atoms with Crippen molar-refractivity contribution in [3.63, 3.8) is 0 Å². The molecule has 0 aliphatic carbocycles. The highest BCUT2D eigenvalue weighted by atomic mass is 35.5. The van der Waals surface area contributed by atoms with Gasteiger partial charge in [0.25, 0.3) is 11.8 Å². The fourth-order valence-corrected chi connectivity index (χ4v) is 5.88. The fraction of sp³-hybridized carbons (Fsp3) is 0.438. The maximum Gasteiger partial charge on any atom is 0.275 e. The lowest BCUT2D eigenvalue weighted by atomic mass is 9.86. The second-order valence-electron chi connectivity index (χ2n) is 11.7. The van der Waals surface area contributed by atoms with E-state index in [9.17, 15) is 14.7 Å². The molecule has 2 saturated heterocycles. The molecule has 246 valence electrons. The third kappa shape index (κ3) is 8.35. The highest BCUT2D eigenvalue weighted by Gasteiger charge is 2.42. The van der Waals surface area contributed by atoms with Crippen molar-refractivity contribution in [2.75, 3.05) is 44.4 Å². The van der Waals surface area contributed by atoms with Crippen LogP contribution in [-0.4, -0.2) is 87.6 Å². The standard InChI is InChI=1S/C32H40ClN7O6/c33-27-29(35)38-28(34)26(37-27)30(43)36-25-11-12-32(39-25)13-15-40(16-14-32)31(44)21-5-9-23(10-6-21)45-17-1-2-20-3-7-24(8-4-20)46-19-22(42)18-41/h3-10,22,25,39,41-42H,1-2,11-19H2,(H,36,43)(H4,34,35,38). The quantitative estimate of drug-likeness (QED) is 0.157. The summed E-state index contributed by atoms with van der Waals surface area (Å²) < 4.78 is 11.3. The van der Waals surface area contributed by atoms with Crippen molar-refractivity contribution in [2.24, 2.45) is 0 Å². The number of nitrogens with two attached hydrogens (primary N) is 2. The van der Waals surface area contributed by atoms with Crippen molar-refractivity contribution in [1.29, 1.82) is 0 Å². The normalized spacial score (nSPS) is 17.9. The number of nitrogen functional groups attached to an aromatic ring is 2. The fourth-order valence-electron chi connectivity index (χ4n) is 5.75. The SMILES string of the molecule is Nc1nc(N)c(C(=O)NC2CCC3(CCN(C(=O)c4ccc(OCCCc5ccc(OCC(O)CO)cc5)cc4)CC3)N2)nc1Cl. The van der Waals surface area contributed by atoms with Crippen LogP contribution in [0.25, 0.3) is 0 Å². The molecule has 2 amide bonds. The zero-order valence-corrected chi connectivity index (χ0v) is 26.2. The lowest BCUT2D eigenvalue weighted by molar-refractivity contribution is 0.0536. The summed E-state index contributed by atoms with van der Waals surface area (Å²) in [7, 11) is 0. The summed E-state index contributed by atoms with van der Waals surface area (Å²) in [6.45, 7) is 1.46. The van der Waals surface area contributed by atoms with E-state index in [1.807, 2.05) is 41.3 Å². The van der Waals surface area contributed by atoms with Crippen molar-refractivity contribution in [3.05, 3.63) is 70.5 Å². The summed E-state index contributed by atoms with van der Waals surface area (Å²) in [5, 5.41) is 24.7. The van der Waals surface area contributed by atoms with E-state index in [4.69, 9.17) is 37.6 Å². The maximum atomic E-state index is 13.2. The zero-order valence-electron chi connectivity index (χ0n) is 25.5. The van der Waals surface area contributed by atoms with Gasteiger partial charge in [-0.15, -0.1) is 0 Å². The number of carbonyl (C=O) groups excluding carboxylic acids is 2. The van der Waals surface area contributed by atoms with E-state index in [-0.39, 0.29) is 53.3 Å². The molecular weight excluding hydrogens is 614 g/mol. The molecule has 14 heteroatoms. The lowest BCUT2D eigenvalue weighted by Gasteiger charge is -2.40. The number of likely N-dealkylation sites (tertiary alicyclic amines) is 1. The van der Waals surface area contributed by atoms with E-state index < -0.39 is 12.0 Å². The summed E-state index contributed by atoms with van der Waals surface area (Å²) in [6.07, 6.45) is 3.62. The molecule has 1 spiro atoms. The van der Waals surface area contributed by atoms with Gasteiger partial charge in [0.05, 0.1) is 19.4 Å². The summed E-state index contributed by atoms with van der Waals surface area (Å²) in [4.78, 5) is 35.7. The Morgan fingerprint density at radius 2 is 1.70 bits per heavy atom. The number of aromatic nitrogens is 2. The Kier molecular flexibility index (Phi) is 10.8. The molecule has 2 fully saturated rings. The number of nitrogens with zero attached hydrogens (tertiary/aromatic N) is 3. The van der Waals surface area contributed by atoms with Crippen molar-refractivity contribution in [1.82, 2.24) is 25.5 Å². The third-order valence-electron chi connectivity index (χ3n) is 8.38. The highest BCUT2D eigenvalue weighted by molar-refractivity contribution is 6.31. The van der Waals surface area contributed by atoms with Gasteiger partial charge in [0.15, 0.2) is 22.5 Å². The maximum absolute atomic E-state index is 13.2. The number of aliphatic hydroxyl groups excluding tert-OH is 2. The molecule has 2 aromatic carbocycles. The van der Waals surface area contributed by atoms with Crippen molar-refractivity contribution < 1.29 is 29.3 Å². The smallest absolute Gasteiger partial charge is 0.275 e. The van der Waals surface area contributed by atoms with Gasteiger partial charge >= 0.3 is 0 Å². The van der Waals surface area contributed by atoms with E-state index in [1.165, 1.54) is 0 Å². The number of piperidine rings is 1. The van der Waals surface area contributed by atoms with Gasteiger partial charge in [0.1, 0.15) is 24.2 Å². The molecule has 1 aromatic heterocycles. The van der Waals surface area contributed by atoms with Crippen LogP contribution < -0.4 is 31.6 Å². The van der Waals surface area contributed by atoms with Crippen LogP contribution in [0.5, 0.6) is 11.5 Å². The second kappa shape index (κ2) is 14.9. The average molecular weight is 654 g/mol. The molecule has 2 aliphatic heterocycles. The van der Waals surface area contributed by atoms with Crippen LogP contribution in [0.4, 0.5) is 11.6 Å². The third-order valence-corrected chi connectivity index (χ3v) is 8.66. The number of rotatable bonds is 12. The number of aryl methyl sites for hydroxylation is 1. The Morgan fingerprint density at radius 1 is 1.02 bits per heavy atom. The molecule has 2 atom stereocenters. The zero-order chi connectivity index (χ0) is 32.7. The van der Waals surface area contributed by atoms with Gasteiger partial charge in [-0.2, -0.15) is 0 Å². The predicted molar refractivity (Wildman–Crippen MR) is 173 cm³/mol.